The lowest BCUT2D eigenvalue weighted by molar-refractivity contribution is 0.211. The zero-order valence-electron chi connectivity index (χ0n) is 10.2. The molecule has 0 fully saturated rings. The zero-order valence-corrected chi connectivity index (χ0v) is 10.2. The predicted octanol–water partition coefficient (Wildman–Crippen LogP) is 1.58. The van der Waals surface area contributed by atoms with E-state index in [1.807, 2.05) is 30.3 Å². The van der Waals surface area contributed by atoms with Crippen LogP contribution in [0.5, 0.6) is 11.8 Å². The predicted molar refractivity (Wildman–Crippen MR) is 65.6 cm³/mol. The highest BCUT2D eigenvalue weighted by Crippen LogP contribution is 2.29. The summed E-state index contributed by atoms with van der Waals surface area (Å²) in [4.78, 5) is 0. The minimum Gasteiger partial charge on any atom is -0.480 e. The van der Waals surface area contributed by atoms with E-state index >= 15 is 0 Å². The summed E-state index contributed by atoms with van der Waals surface area (Å²) in [5, 5.41) is 18.0. The molecular formula is C13H14N2O3. The summed E-state index contributed by atoms with van der Waals surface area (Å²) in [6, 6.07) is 10.9. The van der Waals surface area contributed by atoms with Crippen molar-refractivity contribution in [1.82, 2.24) is 10.2 Å². The lowest BCUT2D eigenvalue weighted by Crippen LogP contribution is -2.06. The van der Waals surface area contributed by atoms with Gasteiger partial charge in [-0.2, -0.15) is 0 Å². The third-order valence-electron chi connectivity index (χ3n) is 2.58. The van der Waals surface area contributed by atoms with Gasteiger partial charge in [0, 0.05) is 6.07 Å². The molecule has 2 aromatic rings. The number of benzene rings is 1. The zero-order chi connectivity index (χ0) is 13.0. The Morgan fingerprint density at radius 2 is 1.78 bits per heavy atom. The summed E-state index contributed by atoms with van der Waals surface area (Å²) in [6.07, 6.45) is -0.828. The number of aromatic nitrogens is 2. The van der Waals surface area contributed by atoms with Crippen LogP contribution in [0.3, 0.4) is 0 Å². The van der Waals surface area contributed by atoms with E-state index in [-0.39, 0.29) is 5.88 Å². The van der Waals surface area contributed by atoms with Gasteiger partial charge in [0.1, 0.15) is 6.10 Å². The fourth-order valence-electron chi connectivity index (χ4n) is 1.65. The number of methoxy groups -OCH3 is 2. The molecule has 0 bridgehead atoms. The molecule has 0 saturated heterocycles. The van der Waals surface area contributed by atoms with Gasteiger partial charge in [0.2, 0.25) is 11.8 Å². The number of nitrogens with zero attached hydrogens (tertiary/aromatic N) is 2. The first kappa shape index (κ1) is 12.3. The van der Waals surface area contributed by atoms with Gasteiger partial charge in [-0.15, -0.1) is 10.2 Å². The van der Waals surface area contributed by atoms with Crippen LogP contribution in [-0.4, -0.2) is 29.5 Å². The largest absolute Gasteiger partial charge is 0.480 e. The van der Waals surface area contributed by atoms with Crippen molar-refractivity contribution >= 4 is 0 Å². The van der Waals surface area contributed by atoms with E-state index in [2.05, 4.69) is 10.2 Å². The lowest BCUT2D eigenvalue weighted by Gasteiger charge is -2.14. The van der Waals surface area contributed by atoms with Crippen molar-refractivity contribution in [2.75, 3.05) is 14.2 Å². The van der Waals surface area contributed by atoms with Crippen molar-refractivity contribution < 1.29 is 14.6 Å². The standard InChI is InChI=1S/C13H14N2O3/c1-17-11-8-10(13(18-2)15-14-11)12(16)9-6-4-3-5-7-9/h3-8,12,16H,1-2H3. The normalized spacial score (nSPS) is 11.9. The maximum atomic E-state index is 10.3. The van der Waals surface area contributed by atoms with E-state index in [0.29, 0.717) is 11.4 Å². The monoisotopic (exact) mass is 246 g/mol. The van der Waals surface area contributed by atoms with Gasteiger partial charge in [-0.1, -0.05) is 30.3 Å². The molecule has 0 spiro atoms. The van der Waals surface area contributed by atoms with Gasteiger partial charge in [0.25, 0.3) is 0 Å². The van der Waals surface area contributed by atoms with Crippen molar-refractivity contribution in [3.05, 3.63) is 47.5 Å². The molecule has 0 amide bonds. The quantitative estimate of drug-likeness (QED) is 0.887. The molecule has 1 atom stereocenters. The average molecular weight is 246 g/mol. The van der Waals surface area contributed by atoms with Crippen LogP contribution in [0.1, 0.15) is 17.2 Å². The second-order valence-electron chi connectivity index (χ2n) is 3.66. The Bertz CT molecular complexity index is 517. The third-order valence-corrected chi connectivity index (χ3v) is 2.58. The minimum atomic E-state index is -0.828. The fraction of sp³-hybridized carbons (Fsp3) is 0.231. The molecule has 1 N–H and O–H groups in total. The highest BCUT2D eigenvalue weighted by Gasteiger charge is 2.18. The Balaban J connectivity index is 2.42. The SMILES string of the molecule is COc1cc(C(O)c2ccccc2)c(OC)nn1. The van der Waals surface area contributed by atoms with Crippen molar-refractivity contribution in [2.24, 2.45) is 0 Å². The van der Waals surface area contributed by atoms with Gasteiger partial charge in [-0.05, 0) is 5.56 Å². The number of hydrogen-bond acceptors (Lipinski definition) is 5. The maximum absolute atomic E-state index is 10.3. The Labute approximate surface area is 105 Å². The van der Waals surface area contributed by atoms with Crippen molar-refractivity contribution in [3.8, 4) is 11.8 Å². The second kappa shape index (κ2) is 5.46. The molecule has 1 aromatic heterocycles. The number of aliphatic hydroxyl groups is 1. The Morgan fingerprint density at radius 1 is 1.06 bits per heavy atom. The molecule has 0 aliphatic rings. The summed E-state index contributed by atoms with van der Waals surface area (Å²) in [5.74, 6) is 0.618. The molecule has 1 aromatic carbocycles. The van der Waals surface area contributed by atoms with Crippen LogP contribution in [0.25, 0.3) is 0 Å². The number of hydrogen-bond donors (Lipinski definition) is 1. The van der Waals surface area contributed by atoms with Gasteiger partial charge in [-0.3, -0.25) is 0 Å². The first-order chi connectivity index (χ1) is 8.76. The first-order valence-electron chi connectivity index (χ1n) is 5.45. The number of ether oxygens (including phenoxy) is 2. The fourth-order valence-corrected chi connectivity index (χ4v) is 1.65. The van der Waals surface area contributed by atoms with Crippen LogP contribution >= 0.6 is 0 Å². The summed E-state index contributed by atoms with van der Waals surface area (Å²) in [6.45, 7) is 0. The molecule has 94 valence electrons. The number of aliphatic hydroxyl groups excluding tert-OH is 1. The van der Waals surface area contributed by atoms with E-state index in [1.54, 1.807) is 6.07 Å². The molecule has 0 aliphatic carbocycles. The van der Waals surface area contributed by atoms with E-state index in [9.17, 15) is 5.11 Å². The molecule has 5 nitrogen and oxygen atoms in total. The molecule has 5 heteroatoms. The summed E-state index contributed by atoms with van der Waals surface area (Å²) in [7, 11) is 2.98. The molecule has 1 unspecified atom stereocenters. The van der Waals surface area contributed by atoms with E-state index in [1.165, 1.54) is 14.2 Å². The van der Waals surface area contributed by atoms with Crippen molar-refractivity contribution in [1.29, 1.82) is 0 Å². The van der Waals surface area contributed by atoms with Crippen LogP contribution < -0.4 is 9.47 Å². The Morgan fingerprint density at radius 3 is 2.39 bits per heavy atom. The number of rotatable bonds is 4. The summed E-state index contributed by atoms with van der Waals surface area (Å²) < 4.78 is 10.1. The highest BCUT2D eigenvalue weighted by atomic mass is 16.5. The molecule has 0 radical (unpaired) electrons. The molecule has 18 heavy (non-hydrogen) atoms. The maximum Gasteiger partial charge on any atom is 0.239 e. The van der Waals surface area contributed by atoms with Crippen LogP contribution in [0, 0.1) is 0 Å². The molecule has 0 aliphatic heterocycles. The van der Waals surface area contributed by atoms with Crippen LogP contribution in [0.2, 0.25) is 0 Å². The lowest BCUT2D eigenvalue weighted by atomic mass is 10.0. The summed E-state index contributed by atoms with van der Waals surface area (Å²) >= 11 is 0. The van der Waals surface area contributed by atoms with E-state index in [4.69, 9.17) is 9.47 Å². The first-order valence-corrected chi connectivity index (χ1v) is 5.45. The van der Waals surface area contributed by atoms with Crippen LogP contribution in [0.15, 0.2) is 36.4 Å². The molecule has 0 saturated carbocycles. The molecule has 2 rings (SSSR count). The van der Waals surface area contributed by atoms with Gasteiger partial charge >= 0.3 is 0 Å². The van der Waals surface area contributed by atoms with Crippen LogP contribution in [-0.2, 0) is 0 Å². The highest BCUT2D eigenvalue weighted by molar-refractivity contribution is 5.37. The van der Waals surface area contributed by atoms with E-state index in [0.717, 1.165) is 5.56 Å². The Hall–Kier alpha value is -2.14. The van der Waals surface area contributed by atoms with Gasteiger partial charge < -0.3 is 14.6 Å². The minimum absolute atomic E-state index is 0.284. The van der Waals surface area contributed by atoms with Crippen LogP contribution in [0.4, 0.5) is 0 Å². The van der Waals surface area contributed by atoms with Gasteiger partial charge in [-0.25, -0.2) is 0 Å². The van der Waals surface area contributed by atoms with Crippen molar-refractivity contribution in [2.45, 2.75) is 6.10 Å². The Kier molecular flexibility index (Phi) is 3.74. The smallest absolute Gasteiger partial charge is 0.239 e. The summed E-state index contributed by atoms with van der Waals surface area (Å²) in [5.41, 5.74) is 1.28. The molecular weight excluding hydrogens is 232 g/mol. The van der Waals surface area contributed by atoms with Gasteiger partial charge in [0.15, 0.2) is 0 Å². The second-order valence-corrected chi connectivity index (χ2v) is 3.66. The van der Waals surface area contributed by atoms with Gasteiger partial charge in [0.05, 0.1) is 19.8 Å². The van der Waals surface area contributed by atoms with E-state index < -0.39 is 6.10 Å². The molecule has 1 heterocycles. The van der Waals surface area contributed by atoms with Crippen molar-refractivity contribution in [3.63, 3.8) is 0 Å². The third kappa shape index (κ3) is 2.41. The topological polar surface area (TPSA) is 64.5 Å². The average Bonchev–Trinajstić information content (AvgIpc) is 2.46.